The normalized spacial score (nSPS) is 10.2. The lowest BCUT2D eigenvalue weighted by atomic mass is 10.3. The fraction of sp³-hybridized carbons (Fsp3) is 0.400. The molecular weight excluding hydrogens is 279 g/mol. The molecule has 13 heavy (non-hydrogen) atoms. The highest BCUT2D eigenvalue weighted by atomic mass is 127. The summed E-state index contributed by atoms with van der Waals surface area (Å²) >= 11 is 2.23. The van der Waals surface area contributed by atoms with Gasteiger partial charge in [-0.3, -0.25) is 0 Å². The van der Waals surface area contributed by atoms with E-state index < -0.39 is 0 Å². The van der Waals surface area contributed by atoms with Crippen LogP contribution in [0.3, 0.4) is 0 Å². The van der Waals surface area contributed by atoms with Crippen molar-refractivity contribution in [1.82, 2.24) is 0 Å². The third-order valence-electron chi connectivity index (χ3n) is 1.49. The lowest BCUT2D eigenvalue weighted by molar-refractivity contribution is 0.241. The van der Waals surface area contributed by atoms with E-state index in [1.54, 1.807) is 7.11 Å². The molecule has 0 amide bonds. The monoisotopic (exact) mass is 292 g/mol. The number of methoxy groups -OCH3 is 1. The van der Waals surface area contributed by atoms with Crippen molar-refractivity contribution >= 4 is 22.6 Å². The molecule has 0 bridgehead atoms. The first-order chi connectivity index (χ1) is 6.13. The highest BCUT2D eigenvalue weighted by Gasteiger charge is 2.03. The van der Waals surface area contributed by atoms with E-state index in [4.69, 9.17) is 9.47 Å². The van der Waals surface area contributed by atoms with Crippen LogP contribution in [0.15, 0.2) is 18.2 Å². The largest absolute Gasteiger partial charge is 0.496 e. The van der Waals surface area contributed by atoms with E-state index in [1.807, 2.05) is 32.0 Å². The van der Waals surface area contributed by atoms with Crippen molar-refractivity contribution in [1.29, 1.82) is 0 Å². The Bertz CT molecular complexity index is 284. The Balaban J connectivity index is 2.86. The Morgan fingerprint density at radius 3 is 2.54 bits per heavy atom. The van der Waals surface area contributed by atoms with Crippen molar-refractivity contribution in [2.24, 2.45) is 0 Å². The quantitative estimate of drug-likeness (QED) is 0.797. The van der Waals surface area contributed by atoms with Crippen LogP contribution in [0.5, 0.6) is 11.5 Å². The number of ether oxygens (including phenoxy) is 2. The second kappa shape index (κ2) is 4.69. The molecule has 3 heteroatoms. The van der Waals surface area contributed by atoms with Gasteiger partial charge in [0.15, 0.2) is 0 Å². The SMILES string of the molecule is COc1cc(OC(C)C)ccc1I. The molecule has 0 aliphatic heterocycles. The summed E-state index contributed by atoms with van der Waals surface area (Å²) in [7, 11) is 1.66. The minimum atomic E-state index is 0.199. The van der Waals surface area contributed by atoms with Gasteiger partial charge in [-0.05, 0) is 48.6 Å². The lowest BCUT2D eigenvalue weighted by Crippen LogP contribution is -2.05. The second-order valence-corrected chi connectivity index (χ2v) is 4.13. The van der Waals surface area contributed by atoms with Gasteiger partial charge >= 0.3 is 0 Å². The van der Waals surface area contributed by atoms with E-state index in [0.29, 0.717) is 0 Å². The molecule has 0 saturated heterocycles. The number of rotatable bonds is 3. The van der Waals surface area contributed by atoms with Crippen LogP contribution >= 0.6 is 22.6 Å². The van der Waals surface area contributed by atoms with Crippen LogP contribution in [0, 0.1) is 3.57 Å². The summed E-state index contributed by atoms with van der Waals surface area (Å²) in [5.74, 6) is 1.71. The summed E-state index contributed by atoms with van der Waals surface area (Å²) in [5, 5.41) is 0. The Morgan fingerprint density at radius 1 is 1.31 bits per heavy atom. The van der Waals surface area contributed by atoms with Gasteiger partial charge in [0.05, 0.1) is 16.8 Å². The van der Waals surface area contributed by atoms with Gasteiger partial charge in [0.1, 0.15) is 11.5 Å². The number of benzene rings is 1. The van der Waals surface area contributed by atoms with Gasteiger partial charge in [-0.2, -0.15) is 0 Å². The van der Waals surface area contributed by atoms with Crippen molar-refractivity contribution in [3.63, 3.8) is 0 Å². The Morgan fingerprint density at radius 2 is 2.00 bits per heavy atom. The second-order valence-electron chi connectivity index (χ2n) is 2.96. The molecule has 1 aromatic rings. The molecule has 0 N–H and O–H groups in total. The Labute approximate surface area is 92.4 Å². The minimum absolute atomic E-state index is 0.199. The molecule has 0 radical (unpaired) electrons. The van der Waals surface area contributed by atoms with Crippen LogP contribution in [0.25, 0.3) is 0 Å². The van der Waals surface area contributed by atoms with Gasteiger partial charge in [0, 0.05) is 6.07 Å². The number of halogens is 1. The highest BCUT2D eigenvalue weighted by molar-refractivity contribution is 14.1. The molecule has 72 valence electrons. The summed E-state index contributed by atoms with van der Waals surface area (Å²) in [5.41, 5.74) is 0. The van der Waals surface area contributed by atoms with E-state index in [0.717, 1.165) is 15.1 Å². The molecule has 0 aliphatic carbocycles. The highest BCUT2D eigenvalue weighted by Crippen LogP contribution is 2.26. The number of hydrogen-bond acceptors (Lipinski definition) is 2. The van der Waals surface area contributed by atoms with E-state index in [2.05, 4.69) is 22.6 Å². The van der Waals surface area contributed by atoms with E-state index in [9.17, 15) is 0 Å². The Hall–Kier alpha value is -0.450. The fourth-order valence-electron chi connectivity index (χ4n) is 0.986. The number of hydrogen-bond donors (Lipinski definition) is 0. The van der Waals surface area contributed by atoms with Crippen molar-refractivity contribution in [2.45, 2.75) is 20.0 Å². The van der Waals surface area contributed by atoms with Crippen LogP contribution in [-0.4, -0.2) is 13.2 Å². The van der Waals surface area contributed by atoms with Crippen LogP contribution in [-0.2, 0) is 0 Å². The maximum absolute atomic E-state index is 5.53. The van der Waals surface area contributed by atoms with Gasteiger partial charge in [0.25, 0.3) is 0 Å². The molecule has 0 spiro atoms. The standard InChI is InChI=1S/C10H13IO2/c1-7(2)13-8-4-5-9(11)10(6-8)12-3/h4-7H,1-3H3. The van der Waals surface area contributed by atoms with Gasteiger partial charge in [0.2, 0.25) is 0 Å². The fourth-order valence-corrected chi connectivity index (χ4v) is 1.54. The van der Waals surface area contributed by atoms with E-state index in [-0.39, 0.29) is 6.10 Å². The summed E-state index contributed by atoms with van der Waals surface area (Å²) in [6.45, 7) is 4.01. The predicted octanol–water partition coefficient (Wildman–Crippen LogP) is 3.09. The van der Waals surface area contributed by atoms with Gasteiger partial charge in [-0.15, -0.1) is 0 Å². The minimum Gasteiger partial charge on any atom is -0.496 e. The molecule has 0 unspecified atom stereocenters. The van der Waals surface area contributed by atoms with Crippen molar-refractivity contribution in [3.05, 3.63) is 21.8 Å². The van der Waals surface area contributed by atoms with Gasteiger partial charge in [-0.25, -0.2) is 0 Å². The average molecular weight is 292 g/mol. The third kappa shape index (κ3) is 3.06. The molecule has 1 aromatic carbocycles. The molecule has 1 rings (SSSR count). The lowest BCUT2D eigenvalue weighted by Gasteiger charge is -2.11. The first kappa shape index (κ1) is 10.6. The van der Waals surface area contributed by atoms with Crippen LogP contribution in [0.1, 0.15) is 13.8 Å². The van der Waals surface area contributed by atoms with Gasteiger partial charge < -0.3 is 9.47 Å². The molecule has 0 aromatic heterocycles. The maximum Gasteiger partial charge on any atom is 0.135 e. The van der Waals surface area contributed by atoms with E-state index in [1.165, 1.54) is 0 Å². The zero-order valence-electron chi connectivity index (χ0n) is 8.00. The van der Waals surface area contributed by atoms with Crippen molar-refractivity contribution < 1.29 is 9.47 Å². The zero-order chi connectivity index (χ0) is 9.84. The molecule has 2 nitrogen and oxygen atoms in total. The maximum atomic E-state index is 5.53. The van der Waals surface area contributed by atoms with Crippen molar-refractivity contribution in [3.8, 4) is 11.5 Å². The molecular formula is C10H13IO2. The molecule has 0 fully saturated rings. The van der Waals surface area contributed by atoms with Crippen molar-refractivity contribution in [2.75, 3.05) is 7.11 Å². The summed E-state index contributed by atoms with van der Waals surface area (Å²) in [6, 6.07) is 5.84. The smallest absolute Gasteiger partial charge is 0.135 e. The zero-order valence-corrected chi connectivity index (χ0v) is 10.2. The van der Waals surface area contributed by atoms with Crippen LogP contribution in [0.4, 0.5) is 0 Å². The summed E-state index contributed by atoms with van der Waals surface area (Å²) in [6.07, 6.45) is 0.199. The van der Waals surface area contributed by atoms with Gasteiger partial charge in [-0.1, -0.05) is 0 Å². The summed E-state index contributed by atoms with van der Waals surface area (Å²) in [4.78, 5) is 0. The Kier molecular flexibility index (Phi) is 3.84. The third-order valence-corrected chi connectivity index (χ3v) is 2.39. The van der Waals surface area contributed by atoms with Crippen LogP contribution < -0.4 is 9.47 Å². The molecule has 0 saturated carbocycles. The molecule has 0 heterocycles. The molecule has 0 atom stereocenters. The predicted molar refractivity (Wildman–Crippen MR) is 61.5 cm³/mol. The topological polar surface area (TPSA) is 18.5 Å². The first-order valence-electron chi connectivity index (χ1n) is 4.13. The first-order valence-corrected chi connectivity index (χ1v) is 5.21. The summed E-state index contributed by atoms with van der Waals surface area (Å²) < 4.78 is 11.8. The molecule has 0 aliphatic rings. The van der Waals surface area contributed by atoms with E-state index >= 15 is 0 Å². The van der Waals surface area contributed by atoms with Crippen LogP contribution in [0.2, 0.25) is 0 Å². The average Bonchev–Trinajstić information content (AvgIpc) is 2.07.